The predicted molar refractivity (Wildman–Crippen MR) is 128 cm³/mol. The first-order chi connectivity index (χ1) is 16.3. The Morgan fingerprint density at radius 1 is 0.909 bits per heavy atom. The fourth-order valence-corrected chi connectivity index (χ4v) is 4.17. The van der Waals surface area contributed by atoms with E-state index in [4.69, 9.17) is 14.1 Å². The van der Waals surface area contributed by atoms with Crippen molar-refractivity contribution in [3.05, 3.63) is 90.4 Å². The quantitative estimate of drug-likeness (QED) is 0.303. The molecule has 0 radical (unpaired) electrons. The second-order valence-electron chi connectivity index (χ2n) is 7.82. The van der Waals surface area contributed by atoms with Gasteiger partial charge in [-0.25, -0.2) is 4.99 Å². The van der Waals surface area contributed by atoms with Crippen LogP contribution in [0.25, 0.3) is 22.4 Å². The summed E-state index contributed by atoms with van der Waals surface area (Å²) in [5.74, 6) is 1.42. The molecule has 1 fully saturated rings. The molecule has 0 bridgehead atoms. The first kappa shape index (κ1) is 20.8. The van der Waals surface area contributed by atoms with Gasteiger partial charge in [-0.05, 0) is 23.3 Å². The van der Waals surface area contributed by atoms with Gasteiger partial charge in [0.05, 0.1) is 38.1 Å². The normalized spacial score (nSPS) is 14.0. The van der Waals surface area contributed by atoms with E-state index in [9.17, 15) is 5.26 Å². The first-order valence-electron chi connectivity index (χ1n) is 11.0. The van der Waals surface area contributed by atoms with Gasteiger partial charge in [-0.2, -0.15) is 5.26 Å². The minimum Gasteiger partial charge on any atom is -0.467 e. The Labute approximate surface area is 193 Å². The van der Waals surface area contributed by atoms with Crippen molar-refractivity contribution in [2.75, 3.05) is 26.3 Å². The third-order valence-electron chi connectivity index (χ3n) is 5.74. The molecular weight excluding hydrogens is 412 g/mol. The standard InChI is InChI=1S/C27H24N4O2/c28-18-24-25(21-8-3-1-4-9-21)26(22-10-5-2-6-11-22)31(19-23-12-7-15-33-23)27(24)29-20-30-13-16-32-17-14-30/h1-12,15,20H,13-14,16-17,19H2. The molecule has 33 heavy (non-hydrogen) atoms. The Kier molecular flexibility index (Phi) is 6.05. The topological polar surface area (TPSA) is 66.7 Å². The summed E-state index contributed by atoms with van der Waals surface area (Å²) in [7, 11) is 0. The number of hydrogen-bond acceptors (Lipinski definition) is 4. The van der Waals surface area contributed by atoms with E-state index < -0.39 is 0 Å². The van der Waals surface area contributed by atoms with Gasteiger partial charge in [0.25, 0.3) is 0 Å². The fraction of sp³-hybridized carbons (Fsp3) is 0.185. The molecule has 2 aromatic carbocycles. The third-order valence-corrected chi connectivity index (χ3v) is 5.74. The molecule has 0 N–H and O–H groups in total. The fourth-order valence-electron chi connectivity index (χ4n) is 4.17. The van der Waals surface area contributed by atoms with Crippen LogP contribution in [-0.2, 0) is 11.3 Å². The summed E-state index contributed by atoms with van der Waals surface area (Å²) in [4.78, 5) is 6.98. The summed E-state index contributed by atoms with van der Waals surface area (Å²) < 4.78 is 13.2. The lowest BCUT2D eigenvalue weighted by Crippen LogP contribution is -2.35. The van der Waals surface area contributed by atoms with Gasteiger partial charge in [-0.1, -0.05) is 60.7 Å². The van der Waals surface area contributed by atoms with Crippen molar-refractivity contribution in [2.24, 2.45) is 4.99 Å². The van der Waals surface area contributed by atoms with Gasteiger partial charge in [0.1, 0.15) is 17.4 Å². The van der Waals surface area contributed by atoms with E-state index in [1.807, 2.05) is 67.0 Å². The molecule has 6 heteroatoms. The SMILES string of the molecule is N#Cc1c(-c2ccccc2)c(-c2ccccc2)n(Cc2ccco2)c1N=CN1CCOCC1. The van der Waals surface area contributed by atoms with E-state index in [0.29, 0.717) is 31.1 Å². The number of nitriles is 1. The summed E-state index contributed by atoms with van der Waals surface area (Å²) in [5, 5.41) is 10.3. The first-order valence-corrected chi connectivity index (χ1v) is 11.0. The van der Waals surface area contributed by atoms with Crippen LogP contribution in [0.5, 0.6) is 0 Å². The molecule has 6 nitrogen and oxygen atoms in total. The van der Waals surface area contributed by atoms with Crippen molar-refractivity contribution in [3.63, 3.8) is 0 Å². The molecule has 0 saturated carbocycles. The average Bonchev–Trinajstić information content (AvgIpc) is 3.50. The molecule has 2 aromatic heterocycles. The van der Waals surface area contributed by atoms with Crippen LogP contribution < -0.4 is 0 Å². The zero-order valence-electron chi connectivity index (χ0n) is 18.2. The number of hydrogen-bond donors (Lipinski definition) is 0. The van der Waals surface area contributed by atoms with Crippen LogP contribution in [0, 0.1) is 11.3 Å². The van der Waals surface area contributed by atoms with Gasteiger partial charge < -0.3 is 18.6 Å². The molecule has 164 valence electrons. The highest BCUT2D eigenvalue weighted by Gasteiger charge is 2.25. The molecule has 0 unspecified atom stereocenters. The Morgan fingerprint density at radius 2 is 1.61 bits per heavy atom. The number of nitrogens with zero attached hydrogens (tertiary/aromatic N) is 4. The Bertz CT molecular complexity index is 1260. The zero-order chi connectivity index (χ0) is 22.5. The molecule has 5 rings (SSSR count). The van der Waals surface area contributed by atoms with Crippen LogP contribution in [-0.4, -0.2) is 42.1 Å². The van der Waals surface area contributed by atoms with Crippen LogP contribution in [0.2, 0.25) is 0 Å². The van der Waals surface area contributed by atoms with Crippen LogP contribution >= 0.6 is 0 Å². The number of furan rings is 1. The molecule has 3 heterocycles. The van der Waals surface area contributed by atoms with Gasteiger partial charge in [0.15, 0.2) is 5.82 Å². The molecule has 1 aliphatic rings. The second-order valence-corrected chi connectivity index (χ2v) is 7.82. The molecule has 0 amide bonds. The number of aromatic nitrogens is 1. The maximum Gasteiger partial charge on any atom is 0.153 e. The average molecular weight is 437 g/mol. The summed E-state index contributed by atoms with van der Waals surface area (Å²) in [6.07, 6.45) is 3.50. The Balaban J connectivity index is 1.75. The largest absolute Gasteiger partial charge is 0.467 e. The van der Waals surface area contributed by atoms with E-state index in [0.717, 1.165) is 41.2 Å². The van der Waals surface area contributed by atoms with Gasteiger partial charge in [0, 0.05) is 18.7 Å². The Hall–Kier alpha value is -4.08. The number of morpholine rings is 1. The summed E-state index contributed by atoms with van der Waals surface area (Å²) in [5.41, 5.74) is 4.38. The Morgan fingerprint density at radius 3 is 2.24 bits per heavy atom. The van der Waals surface area contributed by atoms with Gasteiger partial charge in [-0.3, -0.25) is 0 Å². The minimum absolute atomic E-state index is 0.467. The smallest absolute Gasteiger partial charge is 0.153 e. The number of ether oxygens (including phenoxy) is 1. The van der Waals surface area contributed by atoms with Gasteiger partial charge >= 0.3 is 0 Å². The summed E-state index contributed by atoms with van der Waals surface area (Å²) in [6, 6.07) is 26.5. The molecule has 0 spiro atoms. The van der Waals surface area contributed by atoms with Crippen molar-refractivity contribution in [3.8, 4) is 28.5 Å². The van der Waals surface area contributed by atoms with Crippen LogP contribution in [0.3, 0.4) is 0 Å². The van der Waals surface area contributed by atoms with Crippen molar-refractivity contribution >= 4 is 12.2 Å². The van der Waals surface area contributed by atoms with Crippen LogP contribution in [0.4, 0.5) is 5.82 Å². The lowest BCUT2D eigenvalue weighted by atomic mass is 9.98. The maximum atomic E-state index is 10.3. The van der Waals surface area contributed by atoms with E-state index in [1.165, 1.54) is 0 Å². The summed E-state index contributed by atoms with van der Waals surface area (Å²) in [6.45, 7) is 3.38. The van der Waals surface area contributed by atoms with Gasteiger partial charge in [0.2, 0.25) is 0 Å². The minimum atomic E-state index is 0.467. The van der Waals surface area contributed by atoms with E-state index in [1.54, 1.807) is 6.26 Å². The van der Waals surface area contributed by atoms with E-state index in [2.05, 4.69) is 27.7 Å². The van der Waals surface area contributed by atoms with Crippen molar-refractivity contribution < 1.29 is 9.15 Å². The van der Waals surface area contributed by atoms with Crippen molar-refractivity contribution in [1.82, 2.24) is 9.47 Å². The summed E-state index contributed by atoms with van der Waals surface area (Å²) >= 11 is 0. The zero-order valence-corrected chi connectivity index (χ0v) is 18.2. The number of benzene rings is 2. The number of rotatable bonds is 6. The highest BCUT2D eigenvalue weighted by atomic mass is 16.5. The molecule has 0 aliphatic carbocycles. The monoisotopic (exact) mass is 436 g/mol. The molecular formula is C27H24N4O2. The number of aliphatic imine (C=N–C) groups is 1. The molecule has 1 saturated heterocycles. The molecule has 4 aromatic rings. The van der Waals surface area contributed by atoms with E-state index in [-0.39, 0.29) is 0 Å². The van der Waals surface area contributed by atoms with E-state index >= 15 is 0 Å². The molecule has 1 aliphatic heterocycles. The lowest BCUT2D eigenvalue weighted by Gasteiger charge is -2.24. The highest BCUT2D eigenvalue weighted by Crippen LogP contribution is 2.43. The predicted octanol–water partition coefficient (Wildman–Crippen LogP) is 5.33. The molecule has 0 atom stereocenters. The van der Waals surface area contributed by atoms with Crippen molar-refractivity contribution in [2.45, 2.75) is 6.54 Å². The highest BCUT2D eigenvalue weighted by molar-refractivity contribution is 5.91. The van der Waals surface area contributed by atoms with Crippen LogP contribution in [0.1, 0.15) is 11.3 Å². The van der Waals surface area contributed by atoms with Crippen molar-refractivity contribution in [1.29, 1.82) is 5.26 Å². The lowest BCUT2D eigenvalue weighted by molar-refractivity contribution is 0.0701. The third kappa shape index (κ3) is 4.32. The maximum absolute atomic E-state index is 10.3. The second kappa shape index (κ2) is 9.60. The van der Waals surface area contributed by atoms with Gasteiger partial charge in [-0.15, -0.1) is 0 Å². The van der Waals surface area contributed by atoms with Crippen LogP contribution in [0.15, 0.2) is 88.5 Å².